The zero-order valence-electron chi connectivity index (χ0n) is 19.2. The minimum atomic E-state index is -5.05. The lowest BCUT2D eigenvalue weighted by molar-refractivity contribution is -0.143. The minimum absolute atomic E-state index is 0.0157. The van der Waals surface area contributed by atoms with E-state index in [-0.39, 0.29) is 11.8 Å². The van der Waals surface area contributed by atoms with E-state index in [1.54, 1.807) is 25.4 Å². The lowest BCUT2D eigenvalue weighted by Crippen LogP contribution is -2.32. The summed E-state index contributed by atoms with van der Waals surface area (Å²) in [7, 11) is 1.73. The van der Waals surface area contributed by atoms with Crippen LogP contribution < -0.4 is 15.5 Å². The van der Waals surface area contributed by atoms with Crippen LogP contribution in [0, 0.1) is 6.92 Å². The van der Waals surface area contributed by atoms with Crippen LogP contribution in [0.4, 0.5) is 43.7 Å². The molecule has 0 atom stereocenters. The molecule has 1 aliphatic heterocycles. The molecule has 0 aliphatic carbocycles. The number of aromatic nitrogens is 2. The van der Waals surface area contributed by atoms with Crippen LogP contribution in [-0.2, 0) is 25.3 Å². The van der Waals surface area contributed by atoms with Crippen molar-refractivity contribution in [2.24, 2.45) is 0 Å². The first-order valence-electron chi connectivity index (χ1n) is 10.8. The Kier molecular flexibility index (Phi) is 6.54. The third kappa shape index (κ3) is 5.37. The first-order chi connectivity index (χ1) is 16.8. The van der Waals surface area contributed by atoms with Gasteiger partial charge in [0.05, 0.1) is 16.8 Å². The van der Waals surface area contributed by atoms with Gasteiger partial charge >= 0.3 is 12.4 Å². The minimum Gasteiger partial charge on any atom is -0.366 e. The number of benzene rings is 2. The summed E-state index contributed by atoms with van der Waals surface area (Å²) in [5, 5.41) is 5.31. The van der Waals surface area contributed by atoms with E-state index < -0.39 is 35.0 Å². The second kappa shape index (κ2) is 9.32. The van der Waals surface area contributed by atoms with Crippen molar-refractivity contribution in [2.45, 2.75) is 32.2 Å². The molecule has 3 aromatic rings. The number of carbonyl (C=O) groups is 1. The molecule has 4 rings (SSSR count). The lowest BCUT2D eigenvalue weighted by atomic mass is 10.0. The van der Waals surface area contributed by atoms with Gasteiger partial charge in [-0.3, -0.25) is 4.79 Å². The van der Waals surface area contributed by atoms with Gasteiger partial charge in [0.2, 0.25) is 5.95 Å². The molecule has 1 aliphatic rings. The smallest absolute Gasteiger partial charge is 0.366 e. The number of halogens is 6. The van der Waals surface area contributed by atoms with Crippen molar-refractivity contribution in [3.63, 3.8) is 0 Å². The quantitative estimate of drug-likeness (QED) is 0.443. The van der Waals surface area contributed by atoms with E-state index in [1.165, 1.54) is 6.07 Å². The van der Waals surface area contributed by atoms with Gasteiger partial charge in [-0.2, -0.15) is 26.3 Å². The highest BCUT2D eigenvalue weighted by Gasteiger charge is 2.37. The fourth-order valence-corrected chi connectivity index (χ4v) is 3.96. The summed E-state index contributed by atoms with van der Waals surface area (Å²) in [6.07, 6.45) is -7.72. The lowest BCUT2D eigenvalue weighted by Gasteiger charge is -2.31. The van der Waals surface area contributed by atoms with Crippen molar-refractivity contribution in [1.82, 2.24) is 9.97 Å². The van der Waals surface area contributed by atoms with Gasteiger partial charge in [-0.25, -0.2) is 9.97 Å². The van der Waals surface area contributed by atoms with E-state index in [4.69, 9.17) is 0 Å². The van der Waals surface area contributed by atoms with E-state index in [2.05, 4.69) is 20.6 Å². The molecule has 6 nitrogen and oxygen atoms in total. The average molecular weight is 509 g/mol. The highest BCUT2D eigenvalue weighted by atomic mass is 19.4. The second-order valence-electron chi connectivity index (χ2n) is 8.34. The zero-order valence-corrected chi connectivity index (χ0v) is 19.2. The summed E-state index contributed by atoms with van der Waals surface area (Å²) in [5.74, 6) is -0.565. The van der Waals surface area contributed by atoms with Crippen LogP contribution in [0.1, 0.15) is 38.3 Å². The Bertz CT molecular complexity index is 1270. The Morgan fingerprint density at radius 3 is 2.28 bits per heavy atom. The van der Waals surface area contributed by atoms with Crippen LogP contribution in [-0.4, -0.2) is 29.5 Å². The third-order valence-electron chi connectivity index (χ3n) is 5.82. The van der Waals surface area contributed by atoms with Gasteiger partial charge in [0, 0.05) is 55.3 Å². The van der Waals surface area contributed by atoms with Gasteiger partial charge in [0.25, 0.3) is 5.91 Å². The average Bonchev–Trinajstić information content (AvgIpc) is 2.83. The van der Waals surface area contributed by atoms with Crippen molar-refractivity contribution in [2.75, 3.05) is 29.1 Å². The van der Waals surface area contributed by atoms with Gasteiger partial charge in [0.15, 0.2) is 0 Å². The molecule has 1 amide bonds. The number of rotatable bonds is 4. The second-order valence-corrected chi connectivity index (χ2v) is 8.34. The molecule has 2 heterocycles. The molecule has 2 N–H and O–H groups in total. The van der Waals surface area contributed by atoms with Crippen molar-refractivity contribution < 1.29 is 31.1 Å². The van der Waals surface area contributed by atoms with Crippen molar-refractivity contribution in [3.05, 3.63) is 76.1 Å². The number of nitrogens with one attached hydrogen (secondary N) is 2. The number of anilines is 3. The van der Waals surface area contributed by atoms with Gasteiger partial charge in [0.1, 0.15) is 0 Å². The monoisotopic (exact) mass is 509 g/mol. The summed E-state index contributed by atoms with van der Waals surface area (Å²) >= 11 is 0. The molecule has 12 heteroatoms. The highest BCUT2D eigenvalue weighted by molar-refractivity contribution is 6.04. The first-order valence-corrected chi connectivity index (χ1v) is 10.8. The molecule has 0 unspecified atom stereocenters. The molecule has 36 heavy (non-hydrogen) atoms. The molecule has 0 bridgehead atoms. The SMILES string of the molecule is CNc1ncc2c(n1)CCN(c1cc(NC(=O)c3cc(C(F)(F)F)cc(C(F)(F)F)c3)ccc1C)C2. The van der Waals surface area contributed by atoms with Crippen LogP contribution in [0.5, 0.6) is 0 Å². The summed E-state index contributed by atoms with van der Waals surface area (Å²) in [4.78, 5) is 23.4. The molecular formula is C24H21F6N5O. The standard InChI is InChI=1S/C24H21F6N5O/c1-13-3-4-18(10-20(13)35-6-5-19-15(12-35)11-32-22(31-2)34-19)33-21(36)14-7-16(23(25,26)27)9-17(8-14)24(28,29)30/h3-4,7-11H,5-6,12H2,1-2H3,(H,33,36)(H,31,32,34). The number of alkyl halides is 6. The van der Waals surface area contributed by atoms with Gasteiger partial charge in [-0.05, 0) is 42.8 Å². The van der Waals surface area contributed by atoms with E-state index in [1.807, 2.05) is 11.8 Å². The number of aryl methyl sites for hydroxylation is 1. The van der Waals surface area contributed by atoms with Gasteiger partial charge in [-0.1, -0.05) is 6.07 Å². The maximum Gasteiger partial charge on any atom is 0.416 e. The predicted octanol–water partition coefficient (Wildman–Crippen LogP) is 5.68. The number of fused-ring (bicyclic) bond motifs is 1. The Morgan fingerprint density at radius 2 is 1.67 bits per heavy atom. The molecule has 0 radical (unpaired) electrons. The molecule has 0 saturated heterocycles. The number of hydrogen-bond donors (Lipinski definition) is 2. The van der Waals surface area contributed by atoms with E-state index in [9.17, 15) is 31.1 Å². The molecule has 1 aromatic heterocycles. The fraction of sp³-hybridized carbons (Fsp3) is 0.292. The molecule has 0 fully saturated rings. The van der Waals surface area contributed by atoms with Crippen LogP contribution in [0.2, 0.25) is 0 Å². The van der Waals surface area contributed by atoms with Crippen LogP contribution >= 0.6 is 0 Å². The maximum atomic E-state index is 13.2. The Balaban J connectivity index is 1.59. The summed E-state index contributed by atoms with van der Waals surface area (Å²) < 4.78 is 79.0. The molecule has 0 spiro atoms. The van der Waals surface area contributed by atoms with E-state index >= 15 is 0 Å². The largest absolute Gasteiger partial charge is 0.416 e. The van der Waals surface area contributed by atoms with E-state index in [0.29, 0.717) is 37.6 Å². The number of amides is 1. The summed E-state index contributed by atoms with van der Waals surface area (Å²) in [5.41, 5.74) is -0.137. The molecule has 2 aromatic carbocycles. The van der Waals surface area contributed by atoms with Crippen LogP contribution in [0.15, 0.2) is 42.6 Å². The number of carbonyl (C=O) groups excluding carboxylic acids is 1. The molecular weight excluding hydrogens is 488 g/mol. The Labute approximate surface area is 202 Å². The normalized spacial score (nSPS) is 13.8. The highest BCUT2D eigenvalue weighted by Crippen LogP contribution is 2.37. The Hall–Kier alpha value is -3.83. The first kappa shape index (κ1) is 25.3. The molecule has 0 saturated carbocycles. The maximum absolute atomic E-state index is 13.2. The van der Waals surface area contributed by atoms with Crippen molar-refractivity contribution >= 4 is 23.2 Å². The third-order valence-corrected chi connectivity index (χ3v) is 5.82. The number of hydrogen-bond acceptors (Lipinski definition) is 5. The Morgan fingerprint density at radius 1 is 1.00 bits per heavy atom. The number of nitrogens with zero attached hydrogens (tertiary/aromatic N) is 3. The fourth-order valence-electron chi connectivity index (χ4n) is 3.96. The van der Waals surface area contributed by atoms with Crippen LogP contribution in [0.25, 0.3) is 0 Å². The topological polar surface area (TPSA) is 70.2 Å². The molecule has 190 valence electrons. The van der Waals surface area contributed by atoms with Crippen molar-refractivity contribution in [1.29, 1.82) is 0 Å². The summed E-state index contributed by atoms with van der Waals surface area (Å²) in [6, 6.07) is 5.68. The van der Waals surface area contributed by atoms with Gasteiger partial charge < -0.3 is 15.5 Å². The van der Waals surface area contributed by atoms with Crippen molar-refractivity contribution in [3.8, 4) is 0 Å². The van der Waals surface area contributed by atoms with Gasteiger partial charge in [-0.15, -0.1) is 0 Å². The summed E-state index contributed by atoms with van der Waals surface area (Å²) in [6.45, 7) is 2.98. The zero-order chi connectivity index (χ0) is 26.3. The van der Waals surface area contributed by atoms with Crippen LogP contribution in [0.3, 0.4) is 0 Å². The van der Waals surface area contributed by atoms with E-state index in [0.717, 1.165) is 22.5 Å². The predicted molar refractivity (Wildman–Crippen MR) is 122 cm³/mol.